The third-order valence-corrected chi connectivity index (χ3v) is 4.33. The monoisotopic (exact) mass is 339 g/mol. The van der Waals surface area contributed by atoms with E-state index >= 15 is 0 Å². The minimum absolute atomic E-state index is 0.229. The molecule has 24 heavy (non-hydrogen) atoms. The van der Waals surface area contributed by atoms with Crippen molar-refractivity contribution in [3.05, 3.63) is 65.0 Å². The lowest BCUT2D eigenvalue weighted by Gasteiger charge is -2.12. The summed E-state index contributed by atoms with van der Waals surface area (Å²) >= 11 is 1.32. The summed E-state index contributed by atoms with van der Waals surface area (Å²) in [6.45, 7) is 0. The maximum Gasteiger partial charge on any atom is 0.268 e. The van der Waals surface area contributed by atoms with Gasteiger partial charge in [0.1, 0.15) is 5.00 Å². The van der Waals surface area contributed by atoms with E-state index in [1.165, 1.54) is 11.3 Å². The van der Waals surface area contributed by atoms with Crippen LogP contribution in [0.1, 0.15) is 20.7 Å². The topological polar surface area (TPSA) is 61.4 Å². The van der Waals surface area contributed by atoms with Crippen molar-refractivity contribution in [2.45, 2.75) is 0 Å². The molecule has 0 radical (unpaired) electrons. The third kappa shape index (κ3) is 3.29. The molecular weight excluding hydrogens is 322 g/mol. The number of hydrogen-bond acceptors (Lipinski definition) is 4. The van der Waals surface area contributed by atoms with E-state index in [2.05, 4.69) is 10.7 Å². The van der Waals surface area contributed by atoms with Gasteiger partial charge in [-0.05, 0) is 28.3 Å². The highest BCUT2D eigenvalue weighted by molar-refractivity contribution is 7.14. The number of carbonyl (C=O) groups is 2. The fraction of sp³-hybridized carbons (Fsp3) is 0.111. The summed E-state index contributed by atoms with van der Waals surface area (Å²) in [6.07, 6.45) is 0. The van der Waals surface area contributed by atoms with E-state index in [4.69, 9.17) is 0 Å². The second-order valence-electron chi connectivity index (χ2n) is 5.48. The molecule has 6 heteroatoms. The van der Waals surface area contributed by atoms with Gasteiger partial charge >= 0.3 is 0 Å². The summed E-state index contributed by atoms with van der Waals surface area (Å²) in [5.74, 6) is -0.484. The van der Waals surface area contributed by atoms with E-state index in [0.29, 0.717) is 16.1 Å². The van der Waals surface area contributed by atoms with Gasteiger partial charge in [0.05, 0.1) is 5.56 Å². The summed E-state index contributed by atoms with van der Waals surface area (Å²) in [5.41, 5.74) is 3.71. The Morgan fingerprint density at radius 2 is 1.67 bits per heavy atom. The molecule has 3 rings (SSSR count). The van der Waals surface area contributed by atoms with Crippen molar-refractivity contribution in [3.63, 3.8) is 0 Å². The van der Waals surface area contributed by atoms with Crippen molar-refractivity contribution >= 4 is 38.9 Å². The normalized spacial score (nSPS) is 10.8. The number of hydrazine groups is 1. The van der Waals surface area contributed by atoms with Crippen molar-refractivity contribution < 1.29 is 9.59 Å². The van der Waals surface area contributed by atoms with Crippen LogP contribution in [0.3, 0.4) is 0 Å². The van der Waals surface area contributed by atoms with E-state index in [9.17, 15) is 9.59 Å². The quantitative estimate of drug-likeness (QED) is 0.717. The molecule has 0 saturated carbocycles. The first-order valence-corrected chi connectivity index (χ1v) is 8.29. The maximum absolute atomic E-state index is 12.7. The fourth-order valence-corrected chi connectivity index (χ4v) is 3.22. The SMILES string of the molecule is CN(C)NC(=O)c1ccsc1NC(=O)c1cccc2ccccc12. The zero-order valence-corrected chi connectivity index (χ0v) is 14.2. The molecule has 1 aromatic heterocycles. The predicted molar refractivity (Wildman–Crippen MR) is 97.4 cm³/mol. The standard InChI is InChI=1S/C18H17N3O2S/c1-21(2)20-17(23)15-10-11-24-18(15)19-16(22)14-9-5-7-12-6-3-4-8-13(12)14/h3-11H,1-2H3,(H,19,22)(H,20,23). The number of hydrogen-bond donors (Lipinski definition) is 2. The van der Waals surface area contributed by atoms with Gasteiger partial charge < -0.3 is 5.32 Å². The van der Waals surface area contributed by atoms with Crippen LogP contribution in [0, 0.1) is 0 Å². The molecule has 0 fully saturated rings. The van der Waals surface area contributed by atoms with Crippen LogP contribution in [0.15, 0.2) is 53.9 Å². The Morgan fingerprint density at radius 3 is 2.46 bits per heavy atom. The zero-order chi connectivity index (χ0) is 17.1. The lowest BCUT2D eigenvalue weighted by Crippen LogP contribution is -2.36. The summed E-state index contributed by atoms with van der Waals surface area (Å²) in [5, 5.41) is 8.62. The molecule has 3 aromatic rings. The number of thiophene rings is 1. The minimum atomic E-state index is -0.255. The van der Waals surface area contributed by atoms with E-state index in [0.717, 1.165) is 10.8 Å². The Balaban J connectivity index is 1.88. The predicted octanol–water partition coefficient (Wildman–Crippen LogP) is 3.36. The molecule has 2 aromatic carbocycles. The van der Waals surface area contributed by atoms with Crippen molar-refractivity contribution in [3.8, 4) is 0 Å². The van der Waals surface area contributed by atoms with Crippen LogP contribution in [-0.2, 0) is 0 Å². The molecule has 0 atom stereocenters. The van der Waals surface area contributed by atoms with Crippen LogP contribution < -0.4 is 10.7 Å². The van der Waals surface area contributed by atoms with Crippen LogP contribution in [0.4, 0.5) is 5.00 Å². The first-order chi connectivity index (χ1) is 11.6. The lowest BCUT2D eigenvalue weighted by atomic mass is 10.0. The number of fused-ring (bicyclic) bond motifs is 1. The van der Waals surface area contributed by atoms with E-state index in [1.807, 2.05) is 36.4 Å². The first kappa shape index (κ1) is 16.2. The number of anilines is 1. The molecule has 0 aliphatic rings. The van der Waals surface area contributed by atoms with Gasteiger partial charge in [0, 0.05) is 19.7 Å². The molecule has 0 aliphatic carbocycles. The molecule has 0 saturated heterocycles. The molecule has 122 valence electrons. The summed E-state index contributed by atoms with van der Waals surface area (Å²) < 4.78 is 0. The molecule has 0 spiro atoms. The summed E-state index contributed by atoms with van der Waals surface area (Å²) in [6, 6.07) is 15.0. The van der Waals surface area contributed by atoms with Gasteiger partial charge in [0.15, 0.2) is 0 Å². The Kier molecular flexibility index (Phi) is 4.59. The van der Waals surface area contributed by atoms with Crippen LogP contribution in [0.2, 0.25) is 0 Å². The molecule has 1 heterocycles. The van der Waals surface area contributed by atoms with Gasteiger partial charge in [-0.2, -0.15) is 0 Å². The van der Waals surface area contributed by atoms with Gasteiger partial charge in [-0.1, -0.05) is 36.4 Å². The number of nitrogens with one attached hydrogen (secondary N) is 2. The summed E-state index contributed by atoms with van der Waals surface area (Å²) in [7, 11) is 3.47. The van der Waals surface area contributed by atoms with Crippen molar-refractivity contribution in [1.29, 1.82) is 0 Å². The van der Waals surface area contributed by atoms with Crippen molar-refractivity contribution in [2.24, 2.45) is 0 Å². The van der Waals surface area contributed by atoms with Crippen LogP contribution >= 0.6 is 11.3 Å². The molecule has 0 aliphatic heterocycles. The highest BCUT2D eigenvalue weighted by Gasteiger charge is 2.17. The Hall–Kier alpha value is -2.70. The number of carbonyl (C=O) groups excluding carboxylic acids is 2. The molecule has 2 N–H and O–H groups in total. The minimum Gasteiger partial charge on any atom is -0.313 e. The Labute approximate surface area is 143 Å². The molecule has 5 nitrogen and oxygen atoms in total. The second-order valence-corrected chi connectivity index (χ2v) is 6.40. The summed E-state index contributed by atoms with van der Waals surface area (Å²) in [4.78, 5) is 24.8. The third-order valence-electron chi connectivity index (χ3n) is 3.50. The highest BCUT2D eigenvalue weighted by atomic mass is 32.1. The van der Waals surface area contributed by atoms with Crippen LogP contribution in [-0.4, -0.2) is 30.9 Å². The number of benzene rings is 2. The average molecular weight is 339 g/mol. The molecular formula is C18H17N3O2S. The highest BCUT2D eigenvalue weighted by Crippen LogP contribution is 2.25. The fourth-order valence-electron chi connectivity index (χ4n) is 2.44. The van der Waals surface area contributed by atoms with Gasteiger partial charge in [-0.15, -0.1) is 11.3 Å². The largest absolute Gasteiger partial charge is 0.313 e. The number of amides is 2. The lowest BCUT2D eigenvalue weighted by molar-refractivity contribution is 0.0858. The van der Waals surface area contributed by atoms with Gasteiger partial charge in [-0.25, -0.2) is 5.01 Å². The van der Waals surface area contributed by atoms with Crippen LogP contribution in [0.5, 0.6) is 0 Å². The van der Waals surface area contributed by atoms with Gasteiger partial charge in [0.2, 0.25) is 0 Å². The molecule has 0 unspecified atom stereocenters. The van der Waals surface area contributed by atoms with Crippen molar-refractivity contribution in [2.75, 3.05) is 19.4 Å². The number of nitrogens with zero attached hydrogens (tertiary/aromatic N) is 1. The van der Waals surface area contributed by atoms with E-state index < -0.39 is 0 Å². The average Bonchev–Trinajstić information content (AvgIpc) is 3.02. The zero-order valence-electron chi connectivity index (χ0n) is 13.4. The molecule has 0 bridgehead atoms. The van der Waals surface area contributed by atoms with Crippen molar-refractivity contribution in [1.82, 2.24) is 10.4 Å². The second kappa shape index (κ2) is 6.82. The number of rotatable bonds is 4. The van der Waals surface area contributed by atoms with E-state index in [-0.39, 0.29) is 11.8 Å². The Bertz CT molecular complexity index is 897. The van der Waals surface area contributed by atoms with Gasteiger partial charge in [-0.3, -0.25) is 15.0 Å². The van der Waals surface area contributed by atoms with Gasteiger partial charge in [0.25, 0.3) is 11.8 Å². The molecule has 2 amide bonds. The Morgan fingerprint density at radius 1 is 0.917 bits per heavy atom. The van der Waals surface area contributed by atoms with Crippen LogP contribution in [0.25, 0.3) is 10.8 Å². The van der Waals surface area contributed by atoms with E-state index in [1.54, 1.807) is 36.6 Å². The first-order valence-electron chi connectivity index (χ1n) is 7.41. The maximum atomic E-state index is 12.7. The smallest absolute Gasteiger partial charge is 0.268 e.